The molecule has 0 unspecified atom stereocenters. The van der Waals surface area contributed by atoms with E-state index in [9.17, 15) is 4.79 Å². The van der Waals surface area contributed by atoms with Crippen LogP contribution in [-0.2, 0) is 24.3 Å². The fraction of sp³-hybridized carbons (Fsp3) is 0.435. The third-order valence-electron chi connectivity index (χ3n) is 5.64. The summed E-state index contributed by atoms with van der Waals surface area (Å²) in [5, 5.41) is 3.73. The van der Waals surface area contributed by atoms with Crippen molar-refractivity contribution < 1.29 is 9.53 Å². The van der Waals surface area contributed by atoms with Gasteiger partial charge in [-0.15, -0.1) is 0 Å². The first-order chi connectivity index (χ1) is 13.7. The average Bonchev–Trinajstić information content (AvgIpc) is 2.73. The number of halogens is 1. The minimum atomic E-state index is -0.177. The quantitative estimate of drug-likeness (QED) is 0.820. The van der Waals surface area contributed by atoms with Crippen LogP contribution in [-0.4, -0.2) is 30.5 Å². The summed E-state index contributed by atoms with van der Waals surface area (Å²) in [5.74, 6) is 0.685. The number of amides is 1. The molecule has 4 rings (SSSR count). The van der Waals surface area contributed by atoms with E-state index in [-0.39, 0.29) is 11.8 Å². The molecule has 1 saturated heterocycles. The molecule has 5 heteroatoms. The number of hydrogen-bond donors (Lipinski definition) is 1. The highest BCUT2D eigenvalue weighted by Crippen LogP contribution is 2.29. The van der Waals surface area contributed by atoms with Crippen molar-refractivity contribution in [3.63, 3.8) is 0 Å². The second-order valence-electron chi connectivity index (χ2n) is 7.84. The number of hydrogen-bond acceptors (Lipinski definition) is 3. The van der Waals surface area contributed by atoms with Crippen LogP contribution in [0, 0.1) is 5.92 Å². The van der Waals surface area contributed by atoms with Gasteiger partial charge in [0.25, 0.3) is 0 Å². The molecule has 1 fully saturated rings. The molecule has 2 aromatic rings. The number of piperidine rings is 1. The Morgan fingerprint density at radius 3 is 2.61 bits per heavy atom. The molecule has 148 valence electrons. The minimum absolute atomic E-state index is 0.0306. The van der Waals surface area contributed by atoms with Crippen LogP contribution in [0.3, 0.4) is 0 Å². The van der Waals surface area contributed by atoms with E-state index in [4.69, 9.17) is 16.3 Å². The van der Waals surface area contributed by atoms with Crippen LogP contribution >= 0.6 is 11.6 Å². The summed E-state index contributed by atoms with van der Waals surface area (Å²) in [6.45, 7) is 4.39. The van der Waals surface area contributed by atoms with Crippen molar-refractivity contribution in [1.82, 2.24) is 10.2 Å². The smallest absolute Gasteiger partial charge is 0.227 e. The summed E-state index contributed by atoms with van der Waals surface area (Å²) >= 11 is 6.06. The van der Waals surface area contributed by atoms with Gasteiger partial charge in [0.05, 0.1) is 5.92 Å². The third kappa shape index (κ3) is 4.86. The number of carbonyl (C=O) groups excluding carboxylic acids is 1. The number of rotatable bonds is 5. The van der Waals surface area contributed by atoms with E-state index in [1.54, 1.807) is 0 Å². The number of benzene rings is 2. The van der Waals surface area contributed by atoms with Gasteiger partial charge < -0.3 is 10.1 Å². The van der Waals surface area contributed by atoms with Crippen molar-refractivity contribution in [2.75, 3.05) is 19.7 Å². The fourth-order valence-corrected chi connectivity index (χ4v) is 4.20. The van der Waals surface area contributed by atoms with E-state index < -0.39 is 0 Å². The Labute approximate surface area is 171 Å². The summed E-state index contributed by atoms with van der Waals surface area (Å²) in [4.78, 5) is 15.1. The number of likely N-dealkylation sites (tertiary alicyclic amines) is 1. The van der Waals surface area contributed by atoms with Gasteiger partial charge in [-0.1, -0.05) is 42.3 Å². The SMILES string of the molecule is O=C(NCc1ccc(CN2CCCCC2)cc1)[C@@H]1COc2ccc(Cl)cc2C1. The third-order valence-corrected chi connectivity index (χ3v) is 5.88. The van der Waals surface area contributed by atoms with Gasteiger partial charge in [0.1, 0.15) is 12.4 Å². The lowest BCUT2D eigenvalue weighted by molar-refractivity contribution is -0.126. The molecular formula is C23H27ClN2O2. The maximum Gasteiger partial charge on any atom is 0.227 e. The molecule has 2 aromatic carbocycles. The molecule has 2 aliphatic heterocycles. The van der Waals surface area contributed by atoms with Crippen molar-refractivity contribution >= 4 is 17.5 Å². The molecule has 4 nitrogen and oxygen atoms in total. The van der Waals surface area contributed by atoms with Crippen LogP contribution in [0.15, 0.2) is 42.5 Å². The van der Waals surface area contributed by atoms with Gasteiger partial charge in [0.15, 0.2) is 0 Å². The number of nitrogens with zero attached hydrogens (tertiary/aromatic N) is 1. The highest BCUT2D eigenvalue weighted by molar-refractivity contribution is 6.30. The number of carbonyl (C=O) groups is 1. The number of nitrogens with one attached hydrogen (secondary N) is 1. The predicted molar refractivity (Wildman–Crippen MR) is 112 cm³/mol. The molecule has 0 spiro atoms. The summed E-state index contributed by atoms with van der Waals surface area (Å²) < 4.78 is 5.73. The topological polar surface area (TPSA) is 41.6 Å². The zero-order chi connectivity index (χ0) is 19.3. The average molecular weight is 399 g/mol. The molecule has 1 atom stereocenters. The zero-order valence-electron chi connectivity index (χ0n) is 16.1. The molecule has 28 heavy (non-hydrogen) atoms. The van der Waals surface area contributed by atoms with Crippen molar-refractivity contribution in [2.24, 2.45) is 5.92 Å². The van der Waals surface area contributed by atoms with E-state index in [0.29, 0.717) is 24.6 Å². The van der Waals surface area contributed by atoms with E-state index >= 15 is 0 Å². The van der Waals surface area contributed by atoms with E-state index in [2.05, 4.69) is 34.5 Å². The second-order valence-corrected chi connectivity index (χ2v) is 8.27. The van der Waals surface area contributed by atoms with Gasteiger partial charge in [0, 0.05) is 18.1 Å². The molecule has 2 heterocycles. The molecule has 0 radical (unpaired) electrons. The summed E-state index contributed by atoms with van der Waals surface area (Å²) in [7, 11) is 0. The normalized spacial score (nSPS) is 19.5. The van der Waals surface area contributed by atoms with Crippen LogP contribution in [0.2, 0.25) is 5.02 Å². The molecule has 0 aromatic heterocycles. The Morgan fingerprint density at radius 2 is 1.82 bits per heavy atom. The Kier molecular flexibility index (Phi) is 6.18. The Balaban J connectivity index is 1.27. The molecule has 0 saturated carbocycles. The van der Waals surface area contributed by atoms with Gasteiger partial charge in [-0.25, -0.2) is 0 Å². The first kappa shape index (κ1) is 19.3. The Bertz CT molecular complexity index is 816. The number of fused-ring (bicyclic) bond motifs is 1. The van der Waals surface area contributed by atoms with Crippen LogP contribution in [0.25, 0.3) is 0 Å². The van der Waals surface area contributed by atoms with Crippen molar-refractivity contribution in [3.05, 3.63) is 64.2 Å². The van der Waals surface area contributed by atoms with Gasteiger partial charge in [-0.3, -0.25) is 9.69 Å². The number of ether oxygens (including phenoxy) is 1. The standard InChI is InChI=1S/C23H27ClN2O2/c24-21-8-9-22-19(13-21)12-20(16-28-22)23(27)25-14-17-4-6-18(7-5-17)15-26-10-2-1-3-11-26/h4-9,13,20H,1-3,10-12,14-16H2,(H,25,27)/t20-/m0/s1. The highest BCUT2D eigenvalue weighted by atomic mass is 35.5. The molecular weight excluding hydrogens is 372 g/mol. The lowest BCUT2D eigenvalue weighted by Gasteiger charge is -2.26. The summed E-state index contributed by atoms with van der Waals surface area (Å²) in [6, 6.07) is 14.2. The van der Waals surface area contributed by atoms with Gasteiger partial charge in [0.2, 0.25) is 5.91 Å². The van der Waals surface area contributed by atoms with Crippen molar-refractivity contribution in [3.8, 4) is 5.75 Å². The van der Waals surface area contributed by atoms with E-state index in [0.717, 1.165) is 23.4 Å². The highest BCUT2D eigenvalue weighted by Gasteiger charge is 2.26. The van der Waals surface area contributed by atoms with Gasteiger partial charge in [-0.2, -0.15) is 0 Å². The molecule has 0 aliphatic carbocycles. The maximum atomic E-state index is 12.6. The van der Waals surface area contributed by atoms with E-state index in [1.807, 2.05) is 18.2 Å². The zero-order valence-corrected chi connectivity index (χ0v) is 16.9. The molecule has 1 amide bonds. The first-order valence-corrected chi connectivity index (χ1v) is 10.5. The monoisotopic (exact) mass is 398 g/mol. The largest absolute Gasteiger partial charge is 0.492 e. The van der Waals surface area contributed by atoms with Gasteiger partial charge >= 0.3 is 0 Å². The van der Waals surface area contributed by atoms with Crippen LogP contribution in [0.1, 0.15) is 36.0 Å². The first-order valence-electron chi connectivity index (χ1n) is 10.2. The van der Waals surface area contributed by atoms with Crippen LogP contribution in [0.5, 0.6) is 5.75 Å². The molecule has 2 aliphatic rings. The van der Waals surface area contributed by atoms with Crippen molar-refractivity contribution in [1.29, 1.82) is 0 Å². The summed E-state index contributed by atoms with van der Waals surface area (Å²) in [6.07, 6.45) is 4.65. The van der Waals surface area contributed by atoms with Crippen LogP contribution in [0.4, 0.5) is 0 Å². The van der Waals surface area contributed by atoms with Gasteiger partial charge in [-0.05, 0) is 67.2 Å². The molecule has 0 bridgehead atoms. The van der Waals surface area contributed by atoms with Crippen LogP contribution < -0.4 is 10.1 Å². The second kappa shape index (κ2) is 8.97. The van der Waals surface area contributed by atoms with E-state index in [1.165, 1.54) is 37.9 Å². The molecule has 1 N–H and O–H groups in total. The lowest BCUT2D eigenvalue weighted by atomic mass is 9.96. The van der Waals surface area contributed by atoms with Crippen molar-refractivity contribution in [2.45, 2.75) is 38.8 Å². The Hall–Kier alpha value is -2.04. The predicted octanol–water partition coefficient (Wildman–Crippen LogP) is 4.19. The maximum absolute atomic E-state index is 12.6. The Morgan fingerprint density at radius 1 is 1.07 bits per heavy atom. The summed E-state index contributed by atoms with van der Waals surface area (Å²) in [5.41, 5.74) is 3.46. The fourth-order valence-electron chi connectivity index (χ4n) is 4.00. The minimum Gasteiger partial charge on any atom is -0.492 e. The lowest BCUT2D eigenvalue weighted by Crippen LogP contribution is -2.37.